The van der Waals surface area contributed by atoms with Gasteiger partial charge in [-0.2, -0.15) is 0 Å². The van der Waals surface area contributed by atoms with Crippen molar-refractivity contribution >= 4 is 23.1 Å². The quantitative estimate of drug-likeness (QED) is 0.224. The first-order valence-electron chi connectivity index (χ1n) is 9.20. The van der Waals surface area contributed by atoms with Crippen LogP contribution in [0.3, 0.4) is 0 Å². The van der Waals surface area contributed by atoms with Crippen LogP contribution in [-0.2, 0) is 9.59 Å². The lowest BCUT2D eigenvalue weighted by Crippen LogP contribution is -2.32. The van der Waals surface area contributed by atoms with Gasteiger partial charge < -0.3 is 24.6 Å². The molecule has 1 heterocycles. The Kier molecular flexibility index (Phi) is 6.21. The van der Waals surface area contributed by atoms with E-state index in [1.807, 2.05) is 0 Å². The zero-order valence-corrected chi connectivity index (χ0v) is 16.8. The van der Waals surface area contributed by atoms with E-state index in [0.29, 0.717) is 17.1 Å². The fourth-order valence-corrected chi connectivity index (χ4v) is 3.48. The molecule has 0 aliphatic carbocycles. The molecule has 0 spiro atoms. The number of ether oxygens (including phenoxy) is 2. The van der Waals surface area contributed by atoms with Gasteiger partial charge in [0.25, 0.3) is 17.4 Å². The first-order valence-corrected chi connectivity index (χ1v) is 9.20. The second kappa shape index (κ2) is 8.84. The van der Waals surface area contributed by atoms with Gasteiger partial charge in [0.15, 0.2) is 0 Å². The molecule has 0 unspecified atom stereocenters. The third-order valence-corrected chi connectivity index (χ3v) is 4.97. The normalized spacial score (nSPS) is 17.6. The largest absolute Gasteiger partial charge is 0.507 e. The number of benzene rings is 2. The molecule has 2 N–H and O–H groups in total. The van der Waals surface area contributed by atoms with Gasteiger partial charge in [0, 0.05) is 35.9 Å². The number of aliphatic hydroxyl groups is 2. The molecule has 162 valence electrons. The molecule has 1 amide bonds. The van der Waals surface area contributed by atoms with E-state index in [4.69, 9.17) is 9.47 Å². The highest BCUT2D eigenvalue weighted by atomic mass is 16.6. The lowest BCUT2D eigenvalue weighted by atomic mass is 9.94. The summed E-state index contributed by atoms with van der Waals surface area (Å²) in [7, 11) is 2.88. The maximum atomic E-state index is 12.8. The highest BCUT2D eigenvalue weighted by Crippen LogP contribution is 2.43. The van der Waals surface area contributed by atoms with Gasteiger partial charge in [-0.25, -0.2) is 0 Å². The number of hydrogen-bond donors (Lipinski definition) is 2. The highest BCUT2D eigenvalue weighted by molar-refractivity contribution is 6.46. The number of ketones is 1. The van der Waals surface area contributed by atoms with Crippen molar-refractivity contribution in [2.45, 2.75) is 6.04 Å². The van der Waals surface area contributed by atoms with Crippen molar-refractivity contribution in [3.63, 3.8) is 0 Å². The van der Waals surface area contributed by atoms with Gasteiger partial charge >= 0.3 is 0 Å². The number of nitro groups is 1. The minimum Gasteiger partial charge on any atom is -0.507 e. The van der Waals surface area contributed by atoms with E-state index in [1.54, 1.807) is 18.2 Å². The van der Waals surface area contributed by atoms with E-state index in [2.05, 4.69) is 0 Å². The molecule has 1 saturated heterocycles. The summed E-state index contributed by atoms with van der Waals surface area (Å²) < 4.78 is 10.6. The van der Waals surface area contributed by atoms with Crippen molar-refractivity contribution in [2.24, 2.45) is 0 Å². The van der Waals surface area contributed by atoms with Gasteiger partial charge in [-0.3, -0.25) is 19.7 Å². The fraction of sp³-hybridized carbons (Fsp3) is 0.238. The Morgan fingerprint density at radius 1 is 1.13 bits per heavy atom. The van der Waals surface area contributed by atoms with Crippen LogP contribution in [0.25, 0.3) is 5.76 Å². The summed E-state index contributed by atoms with van der Waals surface area (Å²) in [6.07, 6.45) is 0. The Bertz CT molecular complexity index is 1060. The van der Waals surface area contributed by atoms with E-state index in [9.17, 15) is 29.9 Å². The predicted molar refractivity (Wildman–Crippen MR) is 109 cm³/mol. The Balaban J connectivity index is 2.21. The number of carbonyl (C=O) groups excluding carboxylic acids is 2. The lowest BCUT2D eigenvalue weighted by molar-refractivity contribution is -0.384. The van der Waals surface area contributed by atoms with Crippen LogP contribution in [0.2, 0.25) is 0 Å². The van der Waals surface area contributed by atoms with Crippen molar-refractivity contribution in [2.75, 3.05) is 27.4 Å². The second-order valence-corrected chi connectivity index (χ2v) is 6.63. The number of methoxy groups -OCH3 is 2. The molecule has 0 bridgehead atoms. The molecule has 1 aliphatic rings. The van der Waals surface area contributed by atoms with Crippen molar-refractivity contribution in [3.05, 3.63) is 69.3 Å². The minimum absolute atomic E-state index is 0.130. The van der Waals surface area contributed by atoms with E-state index in [1.165, 1.54) is 38.5 Å². The molecule has 10 nitrogen and oxygen atoms in total. The summed E-state index contributed by atoms with van der Waals surface area (Å²) in [5, 5.41) is 31.2. The van der Waals surface area contributed by atoms with Gasteiger partial charge in [0.2, 0.25) is 0 Å². The van der Waals surface area contributed by atoms with Gasteiger partial charge in [-0.1, -0.05) is 0 Å². The van der Waals surface area contributed by atoms with Crippen LogP contribution in [-0.4, -0.2) is 59.1 Å². The Labute approximate surface area is 177 Å². The molecule has 1 fully saturated rings. The summed E-state index contributed by atoms with van der Waals surface area (Å²) in [6.45, 7) is -0.555. The molecule has 0 aromatic heterocycles. The van der Waals surface area contributed by atoms with Gasteiger partial charge in [0.05, 0.1) is 37.4 Å². The number of nitro benzene ring substituents is 1. The van der Waals surface area contributed by atoms with Gasteiger partial charge in [-0.05, 0) is 24.3 Å². The number of aliphatic hydroxyl groups excluding tert-OH is 2. The standard InChI is InChI=1S/C21H20N2O8/c1-30-14-7-8-15(16(11-14)31-2)18-17(20(26)21(27)22(18)9-10-24)19(25)12-3-5-13(6-4-12)23(28)29/h3-8,11,18,24-25H,9-10H2,1-2H3/b19-17+/t18-/m0/s1. The van der Waals surface area contributed by atoms with Crippen LogP contribution in [0.4, 0.5) is 5.69 Å². The molecule has 31 heavy (non-hydrogen) atoms. The molecule has 0 radical (unpaired) electrons. The molecular formula is C21H20N2O8. The van der Waals surface area contributed by atoms with Crippen LogP contribution in [0.1, 0.15) is 17.2 Å². The number of Topliss-reactive ketones (excluding diaryl/α,β-unsaturated/α-hetero) is 1. The molecule has 1 aliphatic heterocycles. The number of β-amino-alcohol motifs (C(OH)–C–C–N with tert-alkyl or cyclic N) is 1. The van der Waals surface area contributed by atoms with E-state index in [0.717, 1.165) is 4.90 Å². The number of non-ortho nitro benzene ring substituents is 1. The smallest absolute Gasteiger partial charge is 0.295 e. The lowest BCUT2D eigenvalue weighted by Gasteiger charge is -2.26. The topological polar surface area (TPSA) is 139 Å². The summed E-state index contributed by atoms with van der Waals surface area (Å²) >= 11 is 0. The average molecular weight is 428 g/mol. The zero-order valence-electron chi connectivity index (χ0n) is 16.8. The van der Waals surface area contributed by atoms with E-state index < -0.39 is 35.0 Å². The second-order valence-electron chi connectivity index (χ2n) is 6.63. The minimum atomic E-state index is -1.04. The molecule has 3 rings (SSSR count). The number of likely N-dealkylation sites (tertiary alicyclic amines) is 1. The highest BCUT2D eigenvalue weighted by Gasteiger charge is 2.46. The van der Waals surface area contributed by atoms with E-state index >= 15 is 0 Å². The van der Waals surface area contributed by atoms with Crippen LogP contribution in [0, 0.1) is 10.1 Å². The van der Waals surface area contributed by atoms with Crippen molar-refractivity contribution in [1.29, 1.82) is 0 Å². The maximum absolute atomic E-state index is 12.8. The molecule has 2 aromatic rings. The number of rotatable bonds is 7. The van der Waals surface area contributed by atoms with Crippen LogP contribution >= 0.6 is 0 Å². The summed E-state index contributed by atoms with van der Waals surface area (Å²) in [5.74, 6) is -1.53. The Morgan fingerprint density at radius 3 is 2.35 bits per heavy atom. The summed E-state index contributed by atoms with van der Waals surface area (Å²) in [6, 6.07) is 8.68. The average Bonchev–Trinajstić information content (AvgIpc) is 3.03. The molecule has 10 heteroatoms. The third kappa shape index (κ3) is 3.92. The molecule has 0 saturated carbocycles. The Hall–Kier alpha value is -3.92. The maximum Gasteiger partial charge on any atom is 0.295 e. The van der Waals surface area contributed by atoms with E-state index in [-0.39, 0.29) is 23.4 Å². The van der Waals surface area contributed by atoms with Crippen LogP contribution in [0.5, 0.6) is 11.5 Å². The monoisotopic (exact) mass is 428 g/mol. The van der Waals surface area contributed by atoms with Crippen molar-refractivity contribution < 1.29 is 34.2 Å². The van der Waals surface area contributed by atoms with Crippen LogP contribution < -0.4 is 9.47 Å². The fourth-order valence-electron chi connectivity index (χ4n) is 3.48. The predicted octanol–water partition coefficient (Wildman–Crippen LogP) is 2.03. The van der Waals surface area contributed by atoms with Crippen molar-refractivity contribution in [3.8, 4) is 11.5 Å². The molecule has 2 aromatic carbocycles. The molecule has 1 atom stereocenters. The number of carbonyl (C=O) groups is 2. The summed E-state index contributed by atoms with van der Waals surface area (Å²) in [5.41, 5.74) is 0.130. The Morgan fingerprint density at radius 2 is 1.81 bits per heavy atom. The third-order valence-electron chi connectivity index (χ3n) is 4.97. The number of amides is 1. The van der Waals surface area contributed by atoms with Gasteiger partial charge in [-0.15, -0.1) is 0 Å². The number of hydrogen-bond acceptors (Lipinski definition) is 8. The molecular weight excluding hydrogens is 408 g/mol. The summed E-state index contributed by atoms with van der Waals surface area (Å²) in [4.78, 5) is 36.9. The SMILES string of the molecule is COc1ccc([C@H]2/C(=C(\O)c3ccc([N+](=O)[O-])cc3)C(=O)C(=O)N2CCO)c(OC)c1. The first kappa shape index (κ1) is 21.8. The van der Waals surface area contributed by atoms with Crippen LogP contribution in [0.15, 0.2) is 48.0 Å². The van der Waals surface area contributed by atoms with Gasteiger partial charge in [0.1, 0.15) is 17.3 Å². The number of nitrogens with zero attached hydrogens (tertiary/aromatic N) is 2. The first-order chi connectivity index (χ1) is 14.8. The zero-order chi connectivity index (χ0) is 22.7. The van der Waals surface area contributed by atoms with Crippen molar-refractivity contribution in [1.82, 2.24) is 4.90 Å².